The summed E-state index contributed by atoms with van der Waals surface area (Å²) >= 11 is 6.10. The number of hydrogen-bond donors (Lipinski definition) is 1. The molecule has 0 fully saturated rings. The number of aliphatic hydroxyl groups is 1. The smallest absolute Gasteiger partial charge is 0.143 e. The van der Waals surface area contributed by atoms with Crippen LogP contribution in [-0.4, -0.2) is 5.11 Å². The minimum absolute atomic E-state index is 0.0932. The van der Waals surface area contributed by atoms with Gasteiger partial charge in [-0.05, 0) is 44.0 Å². The summed E-state index contributed by atoms with van der Waals surface area (Å²) in [7, 11) is 0. The van der Waals surface area contributed by atoms with Crippen LogP contribution in [0.3, 0.4) is 0 Å². The second-order valence-corrected chi connectivity index (χ2v) is 5.34. The lowest BCUT2D eigenvalue weighted by Gasteiger charge is -2.15. The molecule has 0 saturated heterocycles. The van der Waals surface area contributed by atoms with Crippen LogP contribution in [0.15, 0.2) is 45.3 Å². The lowest BCUT2D eigenvalue weighted by Crippen LogP contribution is -2.04. The Morgan fingerprint density at radius 1 is 0.944 bits per heavy atom. The highest BCUT2D eigenvalue weighted by molar-refractivity contribution is 9.10. The molecule has 0 bridgehead atoms. The summed E-state index contributed by atoms with van der Waals surface area (Å²) in [4.78, 5) is 0. The van der Waals surface area contributed by atoms with Crippen LogP contribution in [0.5, 0.6) is 0 Å². The van der Waals surface area contributed by atoms with Crippen LogP contribution >= 0.6 is 31.9 Å². The van der Waals surface area contributed by atoms with Gasteiger partial charge in [0.15, 0.2) is 0 Å². The molecule has 1 atom stereocenters. The van der Waals surface area contributed by atoms with E-state index in [9.17, 15) is 13.9 Å². The largest absolute Gasteiger partial charge is 0.384 e. The third-order valence-corrected chi connectivity index (χ3v) is 4.00. The van der Waals surface area contributed by atoms with Crippen molar-refractivity contribution in [1.82, 2.24) is 0 Å². The maximum absolute atomic E-state index is 13.9. The van der Waals surface area contributed by atoms with Gasteiger partial charge in [-0.2, -0.15) is 0 Å². The summed E-state index contributed by atoms with van der Waals surface area (Å²) in [5.74, 6) is -1.05. The molecular formula is C13H8Br2F2O. The number of benzene rings is 2. The fourth-order valence-corrected chi connectivity index (χ4v) is 2.49. The van der Waals surface area contributed by atoms with E-state index in [1.165, 1.54) is 30.3 Å². The summed E-state index contributed by atoms with van der Waals surface area (Å²) < 4.78 is 27.6. The van der Waals surface area contributed by atoms with Gasteiger partial charge >= 0.3 is 0 Å². The monoisotopic (exact) mass is 376 g/mol. The van der Waals surface area contributed by atoms with E-state index < -0.39 is 17.7 Å². The molecule has 0 radical (unpaired) electrons. The Morgan fingerprint density at radius 3 is 2.28 bits per heavy atom. The van der Waals surface area contributed by atoms with Crippen molar-refractivity contribution in [2.45, 2.75) is 6.10 Å². The minimum atomic E-state index is -1.23. The van der Waals surface area contributed by atoms with Crippen LogP contribution < -0.4 is 0 Å². The molecule has 94 valence electrons. The molecule has 1 unspecified atom stereocenters. The van der Waals surface area contributed by atoms with Crippen molar-refractivity contribution >= 4 is 31.9 Å². The predicted octanol–water partition coefficient (Wildman–Crippen LogP) is 4.57. The number of aliphatic hydroxyl groups excluding tert-OH is 1. The fraction of sp³-hybridized carbons (Fsp3) is 0.0769. The molecule has 0 aliphatic heterocycles. The molecule has 0 aliphatic rings. The summed E-state index contributed by atoms with van der Waals surface area (Å²) in [5.41, 5.74) is 0.377. The first-order chi connectivity index (χ1) is 8.52. The highest BCUT2D eigenvalue weighted by Crippen LogP contribution is 2.33. The fourth-order valence-electron chi connectivity index (χ4n) is 1.63. The SMILES string of the molecule is OC(c1cccc(Br)c1F)c1cccc(F)c1Br. The minimum Gasteiger partial charge on any atom is -0.384 e. The van der Waals surface area contributed by atoms with Gasteiger partial charge in [-0.15, -0.1) is 0 Å². The molecule has 0 aromatic heterocycles. The van der Waals surface area contributed by atoms with Gasteiger partial charge < -0.3 is 5.11 Å². The Bertz CT molecular complexity index is 536. The molecule has 2 aromatic carbocycles. The van der Waals surface area contributed by atoms with E-state index in [1.807, 2.05) is 0 Å². The molecule has 0 spiro atoms. The van der Waals surface area contributed by atoms with Crippen molar-refractivity contribution in [2.24, 2.45) is 0 Å². The van der Waals surface area contributed by atoms with Gasteiger partial charge in [-0.25, -0.2) is 8.78 Å². The first-order valence-corrected chi connectivity index (χ1v) is 6.67. The number of hydrogen-bond acceptors (Lipinski definition) is 1. The summed E-state index contributed by atoms with van der Waals surface area (Å²) in [6.07, 6.45) is -1.23. The number of halogens is 4. The van der Waals surface area contributed by atoms with Crippen molar-refractivity contribution in [3.63, 3.8) is 0 Å². The third kappa shape index (κ3) is 2.48. The Kier molecular flexibility index (Phi) is 4.14. The molecule has 2 rings (SSSR count). The van der Waals surface area contributed by atoms with E-state index in [0.29, 0.717) is 0 Å². The van der Waals surface area contributed by atoms with E-state index in [1.54, 1.807) is 6.07 Å². The van der Waals surface area contributed by atoms with E-state index in [2.05, 4.69) is 31.9 Å². The summed E-state index contributed by atoms with van der Waals surface area (Å²) in [6, 6.07) is 8.87. The molecule has 0 amide bonds. The van der Waals surface area contributed by atoms with Gasteiger partial charge in [-0.1, -0.05) is 24.3 Å². The Morgan fingerprint density at radius 2 is 1.56 bits per heavy atom. The molecule has 1 N–H and O–H groups in total. The third-order valence-electron chi connectivity index (χ3n) is 2.55. The molecule has 0 saturated carbocycles. The highest BCUT2D eigenvalue weighted by Gasteiger charge is 2.20. The zero-order chi connectivity index (χ0) is 13.3. The van der Waals surface area contributed by atoms with Crippen LogP contribution in [0.25, 0.3) is 0 Å². The van der Waals surface area contributed by atoms with Crippen molar-refractivity contribution < 1.29 is 13.9 Å². The molecule has 0 aliphatic carbocycles. The van der Waals surface area contributed by atoms with Gasteiger partial charge in [0.1, 0.15) is 17.7 Å². The Hall–Kier alpha value is -0.780. The maximum atomic E-state index is 13.9. The Labute approximate surface area is 120 Å². The normalized spacial score (nSPS) is 12.5. The van der Waals surface area contributed by atoms with Crippen LogP contribution in [0.4, 0.5) is 8.78 Å². The summed E-state index contributed by atoms with van der Waals surface area (Å²) in [6.45, 7) is 0. The lowest BCUT2D eigenvalue weighted by molar-refractivity contribution is 0.213. The molecule has 5 heteroatoms. The van der Waals surface area contributed by atoms with Crippen molar-refractivity contribution in [1.29, 1.82) is 0 Å². The molecule has 2 aromatic rings. The van der Waals surface area contributed by atoms with Crippen molar-refractivity contribution in [3.8, 4) is 0 Å². The van der Waals surface area contributed by atoms with E-state index >= 15 is 0 Å². The standard InChI is InChI=1S/C13H8Br2F2O/c14-9-5-1-4-8(12(9)17)13(18)7-3-2-6-10(16)11(7)15/h1-6,13,18H. The predicted molar refractivity (Wildman–Crippen MR) is 72.3 cm³/mol. The average molecular weight is 378 g/mol. The zero-order valence-electron chi connectivity index (χ0n) is 9.00. The van der Waals surface area contributed by atoms with Crippen LogP contribution in [-0.2, 0) is 0 Å². The second-order valence-electron chi connectivity index (χ2n) is 3.69. The van der Waals surface area contributed by atoms with Gasteiger partial charge in [0.2, 0.25) is 0 Å². The molecule has 18 heavy (non-hydrogen) atoms. The van der Waals surface area contributed by atoms with Gasteiger partial charge in [0.05, 0.1) is 8.95 Å². The maximum Gasteiger partial charge on any atom is 0.143 e. The Balaban J connectivity index is 2.51. The first kappa shape index (κ1) is 13.6. The van der Waals surface area contributed by atoms with Gasteiger partial charge in [0, 0.05) is 11.1 Å². The van der Waals surface area contributed by atoms with Gasteiger partial charge in [-0.3, -0.25) is 0 Å². The van der Waals surface area contributed by atoms with Crippen molar-refractivity contribution in [2.75, 3.05) is 0 Å². The average Bonchev–Trinajstić information content (AvgIpc) is 2.35. The van der Waals surface area contributed by atoms with Gasteiger partial charge in [0.25, 0.3) is 0 Å². The quantitative estimate of drug-likeness (QED) is 0.812. The molecular weight excluding hydrogens is 370 g/mol. The van der Waals surface area contributed by atoms with E-state index in [-0.39, 0.29) is 20.1 Å². The van der Waals surface area contributed by atoms with Crippen molar-refractivity contribution in [3.05, 3.63) is 68.1 Å². The molecule has 0 heterocycles. The van der Waals surface area contributed by atoms with E-state index in [4.69, 9.17) is 0 Å². The lowest BCUT2D eigenvalue weighted by atomic mass is 10.0. The first-order valence-electron chi connectivity index (χ1n) is 5.08. The highest BCUT2D eigenvalue weighted by atomic mass is 79.9. The topological polar surface area (TPSA) is 20.2 Å². The van der Waals surface area contributed by atoms with E-state index in [0.717, 1.165) is 0 Å². The molecule has 1 nitrogen and oxygen atoms in total. The van der Waals surface area contributed by atoms with Crippen LogP contribution in [0.1, 0.15) is 17.2 Å². The number of rotatable bonds is 2. The second kappa shape index (κ2) is 5.47. The van der Waals surface area contributed by atoms with Crippen LogP contribution in [0, 0.1) is 11.6 Å². The van der Waals surface area contributed by atoms with Crippen LogP contribution in [0.2, 0.25) is 0 Å². The summed E-state index contributed by atoms with van der Waals surface area (Å²) in [5, 5.41) is 10.1. The zero-order valence-corrected chi connectivity index (χ0v) is 12.2.